The molecule has 0 radical (unpaired) electrons. The maximum absolute atomic E-state index is 14.5. The molecule has 2 atom stereocenters. The van der Waals surface area contributed by atoms with Crippen molar-refractivity contribution in [1.29, 1.82) is 0 Å². The van der Waals surface area contributed by atoms with Gasteiger partial charge in [0.05, 0.1) is 6.20 Å². The van der Waals surface area contributed by atoms with Crippen LogP contribution in [0.25, 0.3) is 22.4 Å². The molecule has 8 heteroatoms. The number of hydrogen-bond donors (Lipinski definition) is 2. The zero-order valence-electron chi connectivity index (χ0n) is 18.8. The first-order valence-electron chi connectivity index (χ1n) is 11.6. The van der Waals surface area contributed by atoms with Crippen molar-refractivity contribution >= 4 is 23.1 Å². The molecule has 1 unspecified atom stereocenters. The van der Waals surface area contributed by atoms with Gasteiger partial charge >= 0.3 is 0 Å². The fraction of sp³-hybridized carbons (Fsp3) is 0.308. The number of likely N-dealkylation sites (tertiary alicyclic amines) is 1. The Balaban J connectivity index is 1.29. The van der Waals surface area contributed by atoms with Gasteiger partial charge in [-0.3, -0.25) is 4.90 Å². The molecule has 3 aromatic heterocycles. The van der Waals surface area contributed by atoms with E-state index in [1.54, 1.807) is 12.4 Å². The van der Waals surface area contributed by atoms with Crippen LogP contribution in [0.5, 0.6) is 0 Å². The molecular formula is C26H27FN6O. The minimum Gasteiger partial charge on any atom is -0.367 e. The number of nitrogens with one attached hydrogen (secondary N) is 2. The lowest BCUT2D eigenvalue weighted by atomic mass is 9.93. The van der Waals surface area contributed by atoms with Crippen molar-refractivity contribution in [3.8, 4) is 11.4 Å². The molecule has 0 bridgehead atoms. The lowest BCUT2D eigenvalue weighted by Gasteiger charge is -2.38. The molecule has 1 fully saturated rings. The standard InChI is InChI=1S/C26H27FN6O/c27-22-16-31-25(21-15-30-24-20(21)9-4-11-28-24)32-26(22)29-14-18-6-5-12-33(17-18)23(10-13-34)19-7-2-1-3-8-19/h1-4,7-9,11,13,15-16,18,23H,5-6,10,12,14,17H2,(H,28,30)(H,29,31,32)/t18?,23-/m1/s1. The zero-order valence-corrected chi connectivity index (χ0v) is 18.8. The second kappa shape index (κ2) is 10.1. The quantitative estimate of drug-likeness (QED) is 0.375. The van der Waals surface area contributed by atoms with Gasteiger partial charge in [-0.15, -0.1) is 0 Å². The SMILES string of the molecule is O=CC[C@H](c1ccccc1)N1CCCC(CNc2nc(-c3c[nH]c4ncccc34)ncc2F)C1. The van der Waals surface area contributed by atoms with E-state index in [2.05, 4.69) is 42.3 Å². The Kier molecular flexibility index (Phi) is 6.58. The van der Waals surface area contributed by atoms with Crippen molar-refractivity contribution in [2.45, 2.75) is 25.3 Å². The van der Waals surface area contributed by atoms with Crippen LogP contribution in [-0.4, -0.2) is 50.8 Å². The number of nitrogens with zero attached hydrogens (tertiary/aromatic N) is 4. The van der Waals surface area contributed by atoms with Crippen LogP contribution in [0.4, 0.5) is 10.2 Å². The van der Waals surface area contributed by atoms with Gasteiger partial charge in [0.2, 0.25) is 0 Å². The molecule has 2 N–H and O–H groups in total. The maximum Gasteiger partial charge on any atom is 0.183 e. The number of rotatable bonds is 8. The average molecular weight is 459 g/mol. The first kappa shape index (κ1) is 22.2. The fourth-order valence-corrected chi connectivity index (χ4v) is 4.81. The van der Waals surface area contributed by atoms with E-state index in [0.29, 0.717) is 24.7 Å². The van der Waals surface area contributed by atoms with E-state index in [1.807, 2.05) is 30.3 Å². The van der Waals surface area contributed by atoms with Crippen molar-refractivity contribution < 1.29 is 9.18 Å². The van der Waals surface area contributed by atoms with Gasteiger partial charge in [-0.2, -0.15) is 0 Å². The molecule has 174 valence electrons. The Labute approximate surface area is 197 Å². The topological polar surface area (TPSA) is 86.8 Å². The van der Waals surface area contributed by atoms with Gasteiger partial charge in [-0.25, -0.2) is 19.3 Å². The third kappa shape index (κ3) is 4.68. The van der Waals surface area contributed by atoms with Crippen molar-refractivity contribution in [1.82, 2.24) is 24.8 Å². The number of fused-ring (bicyclic) bond motifs is 1. The molecule has 4 aromatic rings. The van der Waals surface area contributed by atoms with E-state index >= 15 is 0 Å². The van der Waals surface area contributed by atoms with Gasteiger partial charge in [0, 0.05) is 48.9 Å². The third-order valence-corrected chi connectivity index (χ3v) is 6.49. The highest BCUT2D eigenvalue weighted by Gasteiger charge is 2.27. The zero-order chi connectivity index (χ0) is 23.3. The van der Waals surface area contributed by atoms with Gasteiger partial charge in [-0.1, -0.05) is 30.3 Å². The molecule has 1 aliphatic heterocycles. The van der Waals surface area contributed by atoms with Crippen LogP contribution < -0.4 is 5.32 Å². The number of piperidine rings is 1. The van der Waals surface area contributed by atoms with Crippen LogP contribution in [0.2, 0.25) is 0 Å². The highest BCUT2D eigenvalue weighted by Crippen LogP contribution is 2.30. The smallest absolute Gasteiger partial charge is 0.183 e. The van der Waals surface area contributed by atoms with Crippen molar-refractivity contribution in [2.75, 3.05) is 25.0 Å². The third-order valence-electron chi connectivity index (χ3n) is 6.49. The molecule has 1 aromatic carbocycles. The lowest BCUT2D eigenvalue weighted by molar-refractivity contribution is -0.109. The number of aromatic amines is 1. The van der Waals surface area contributed by atoms with Gasteiger partial charge in [0.15, 0.2) is 17.5 Å². The minimum absolute atomic E-state index is 0.0689. The summed E-state index contributed by atoms with van der Waals surface area (Å²) >= 11 is 0. The van der Waals surface area contributed by atoms with Gasteiger partial charge in [0.25, 0.3) is 0 Å². The number of anilines is 1. The molecule has 0 aliphatic carbocycles. The molecule has 1 aliphatic rings. The minimum atomic E-state index is -0.475. The molecule has 0 spiro atoms. The summed E-state index contributed by atoms with van der Waals surface area (Å²) in [6, 6.07) is 14.0. The predicted molar refractivity (Wildman–Crippen MR) is 130 cm³/mol. The Bertz CT molecular complexity index is 1260. The predicted octanol–water partition coefficient (Wildman–Crippen LogP) is 4.61. The van der Waals surface area contributed by atoms with Crippen LogP contribution in [-0.2, 0) is 4.79 Å². The second-order valence-electron chi connectivity index (χ2n) is 8.71. The number of carbonyl (C=O) groups is 1. The highest BCUT2D eigenvalue weighted by molar-refractivity contribution is 5.91. The van der Waals surface area contributed by atoms with Crippen molar-refractivity contribution in [3.05, 3.63) is 72.4 Å². The number of aldehydes is 1. The van der Waals surface area contributed by atoms with Crippen molar-refractivity contribution in [3.63, 3.8) is 0 Å². The summed E-state index contributed by atoms with van der Waals surface area (Å²) in [4.78, 5) is 29.8. The molecule has 34 heavy (non-hydrogen) atoms. The number of hydrogen-bond acceptors (Lipinski definition) is 6. The number of H-pyrrole nitrogens is 1. The highest BCUT2D eigenvalue weighted by atomic mass is 19.1. The summed E-state index contributed by atoms with van der Waals surface area (Å²) < 4.78 is 14.5. The first-order valence-corrected chi connectivity index (χ1v) is 11.6. The lowest BCUT2D eigenvalue weighted by Crippen LogP contribution is -2.40. The van der Waals surface area contributed by atoms with Crippen LogP contribution in [0.3, 0.4) is 0 Å². The fourth-order valence-electron chi connectivity index (χ4n) is 4.81. The van der Waals surface area contributed by atoms with Crippen LogP contribution in [0.15, 0.2) is 61.1 Å². The van der Waals surface area contributed by atoms with Crippen LogP contribution in [0.1, 0.15) is 30.9 Å². The number of carbonyl (C=O) groups excluding carboxylic acids is 1. The summed E-state index contributed by atoms with van der Waals surface area (Å²) in [6.07, 6.45) is 8.26. The molecule has 0 amide bonds. The van der Waals surface area contributed by atoms with E-state index in [0.717, 1.165) is 54.4 Å². The van der Waals surface area contributed by atoms with E-state index in [-0.39, 0.29) is 11.9 Å². The number of benzene rings is 1. The number of halogens is 1. The van der Waals surface area contributed by atoms with Gasteiger partial charge in [-0.05, 0) is 43.0 Å². The largest absolute Gasteiger partial charge is 0.367 e. The molecule has 4 heterocycles. The molecule has 0 saturated carbocycles. The van der Waals surface area contributed by atoms with E-state index in [4.69, 9.17) is 0 Å². The molecule has 7 nitrogen and oxygen atoms in total. The summed E-state index contributed by atoms with van der Waals surface area (Å²) in [5.74, 6) is 0.496. The average Bonchev–Trinajstić information content (AvgIpc) is 3.32. The van der Waals surface area contributed by atoms with Gasteiger partial charge < -0.3 is 15.1 Å². The first-order chi connectivity index (χ1) is 16.7. The summed E-state index contributed by atoms with van der Waals surface area (Å²) in [5.41, 5.74) is 2.68. The Morgan fingerprint density at radius 2 is 2.09 bits per heavy atom. The Morgan fingerprint density at radius 1 is 1.21 bits per heavy atom. The van der Waals surface area contributed by atoms with Gasteiger partial charge in [0.1, 0.15) is 11.9 Å². The second-order valence-corrected chi connectivity index (χ2v) is 8.71. The normalized spacial score (nSPS) is 17.5. The monoisotopic (exact) mass is 458 g/mol. The summed E-state index contributed by atoms with van der Waals surface area (Å²) in [5, 5.41) is 4.11. The number of aromatic nitrogens is 4. The molecular weight excluding hydrogens is 431 g/mol. The van der Waals surface area contributed by atoms with Crippen LogP contribution >= 0.6 is 0 Å². The Morgan fingerprint density at radius 3 is 2.94 bits per heavy atom. The van der Waals surface area contributed by atoms with Crippen molar-refractivity contribution in [2.24, 2.45) is 5.92 Å². The van der Waals surface area contributed by atoms with E-state index < -0.39 is 5.82 Å². The number of pyridine rings is 1. The summed E-state index contributed by atoms with van der Waals surface area (Å²) in [7, 11) is 0. The maximum atomic E-state index is 14.5. The van der Waals surface area contributed by atoms with E-state index in [1.165, 1.54) is 6.20 Å². The van der Waals surface area contributed by atoms with E-state index in [9.17, 15) is 9.18 Å². The molecule has 1 saturated heterocycles. The van der Waals surface area contributed by atoms with Crippen LogP contribution in [0, 0.1) is 11.7 Å². The Hall–Kier alpha value is -3.65. The molecule has 5 rings (SSSR count). The summed E-state index contributed by atoms with van der Waals surface area (Å²) in [6.45, 7) is 2.39.